The highest BCUT2D eigenvalue weighted by Gasteiger charge is 2.17. The van der Waals surface area contributed by atoms with Crippen molar-refractivity contribution in [3.05, 3.63) is 82.9 Å². The highest BCUT2D eigenvalue weighted by atomic mass is 32.1. The van der Waals surface area contributed by atoms with Crippen LogP contribution in [0, 0.1) is 6.92 Å². The van der Waals surface area contributed by atoms with Gasteiger partial charge in [0.15, 0.2) is 5.13 Å². The Hall–Kier alpha value is -3.25. The molecule has 0 aliphatic rings. The molecule has 1 aromatic heterocycles. The van der Waals surface area contributed by atoms with E-state index in [2.05, 4.69) is 4.98 Å². The molecule has 0 spiro atoms. The van der Waals surface area contributed by atoms with Gasteiger partial charge in [-0.3, -0.25) is 9.69 Å². The van der Waals surface area contributed by atoms with Crippen LogP contribution in [0.4, 0.5) is 10.8 Å². The molecule has 0 N–H and O–H groups in total. The summed E-state index contributed by atoms with van der Waals surface area (Å²) >= 11 is 1.34. The molecule has 6 heteroatoms. The summed E-state index contributed by atoms with van der Waals surface area (Å²) in [5.41, 5.74) is 3.39. The maximum atomic E-state index is 12.1. The van der Waals surface area contributed by atoms with Gasteiger partial charge in [-0.2, -0.15) is 0 Å². The molecule has 3 aromatic rings. The molecule has 3 rings (SSSR count). The molecule has 0 unspecified atom stereocenters. The summed E-state index contributed by atoms with van der Waals surface area (Å²) in [5.74, 6) is -0.571. The van der Waals surface area contributed by atoms with Crippen LogP contribution in [0.3, 0.4) is 0 Å². The van der Waals surface area contributed by atoms with Gasteiger partial charge >= 0.3 is 5.97 Å². The minimum atomic E-state index is -0.440. The van der Waals surface area contributed by atoms with Crippen LogP contribution < -0.4 is 4.90 Å². The number of aromatic nitrogens is 1. The monoisotopic (exact) mass is 392 g/mol. The van der Waals surface area contributed by atoms with Gasteiger partial charge in [0.2, 0.25) is 5.91 Å². The zero-order chi connectivity index (χ0) is 19.9. The van der Waals surface area contributed by atoms with E-state index in [4.69, 9.17) is 4.74 Å². The highest BCUT2D eigenvalue weighted by Crippen LogP contribution is 2.29. The summed E-state index contributed by atoms with van der Waals surface area (Å²) in [5, 5.41) is 2.34. The Kier molecular flexibility index (Phi) is 6.34. The van der Waals surface area contributed by atoms with Crippen LogP contribution >= 0.6 is 11.3 Å². The second kappa shape index (κ2) is 9.10. The van der Waals surface area contributed by atoms with Gasteiger partial charge in [0.25, 0.3) is 0 Å². The Bertz CT molecular complexity index is 996. The maximum absolute atomic E-state index is 12.1. The van der Waals surface area contributed by atoms with Gasteiger partial charge in [-0.15, -0.1) is 11.3 Å². The molecule has 28 heavy (non-hydrogen) atoms. The number of aryl methyl sites for hydroxylation is 1. The second-order valence-corrected chi connectivity index (χ2v) is 6.95. The SMILES string of the molecule is CC(=O)N(c1ccccc1)c1nc(/C=C/C(=O)OCc2ccccc2C)cs1. The number of carbonyl (C=O) groups is 2. The number of hydrogen-bond donors (Lipinski definition) is 0. The Labute approximate surface area is 167 Å². The van der Waals surface area contributed by atoms with Crippen LogP contribution in [0.2, 0.25) is 0 Å². The lowest BCUT2D eigenvalue weighted by Crippen LogP contribution is -2.22. The molecule has 0 aliphatic carbocycles. The molecule has 1 heterocycles. The van der Waals surface area contributed by atoms with E-state index >= 15 is 0 Å². The van der Waals surface area contributed by atoms with Crippen molar-refractivity contribution in [3.8, 4) is 0 Å². The van der Waals surface area contributed by atoms with Crippen molar-refractivity contribution in [2.24, 2.45) is 0 Å². The Morgan fingerprint density at radius 2 is 1.82 bits per heavy atom. The smallest absolute Gasteiger partial charge is 0.331 e. The van der Waals surface area contributed by atoms with Crippen molar-refractivity contribution < 1.29 is 14.3 Å². The van der Waals surface area contributed by atoms with Gasteiger partial charge in [0.05, 0.1) is 11.4 Å². The first kappa shape index (κ1) is 19.5. The highest BCUT2D eigenvalue weighted by molar-refractivity contribution is 7.14. The fraction of sp³-hybridized carbons (Fsp3) is 0.136. The lowest BCUT2D eigenvalue weighted by Gasteiger charge is -2.17. The summed E-state index contributed by atoms with van der Waals surface area (Å²) < 4.78 is 5.28. The van der Waals surface area contributed by atoms with Crippen LogP contribution in [-0.2, 0) is 20.9 Å². The average Bonchev–Trinajstić information content (AvgIpc) is 3.15. The first-order valence-corrected chi connectivity index (χ1v) is 9.63. The van der Waals surface area contributed by atoms with Gasteiger partial charge in [-0.25, -0.2) is 9.78 Å². The van der Waals surface area contributed by atoms with E-state index in [1.54, 1.807) is 16.4 Å². The summed E-state index contributed by atoms with van der Waals surface area (Å²) in [6.45, 7) is 3.69. The van der Waals surface area contributed by atoms with E-state index in [0.29, 0.717) is 10.8 Å². The van der Waals surface area contributed by atoms with Gasteiger partial charge in [0, 0.05) is 18.4 Å². The molecular weight excluding hydrogens is 372 g/mol. The van der Waals surface area contributed by atoms with Crippen LogP contribution in [-0.4, -0.2) is 16.9 Å². The number of benzene rings is 2. The number of amides is 1. The van der Waals surface area contributed by atoms with Crippen molar-refractivity contribution >= 4 is 40.1 Å². The molecular formula is C22H20N2O3S. The quantitative estimate of drug-likeness (QED) is 0.442. The third-order valence-electron chi connectivity index (χ3n) is 4.05. The standard InChI is InChI=1S/C22H20N2O3S/c1-16-8-6-7-9-18(16)14-27-21(26)13-12-19-15-28-22(23-19)24(17(2)25)20-10-4-3-5-11-20/h3-13,15H,14H2,1-2H3/b13-12+. The van der Waals surface area contributed by atoms with Crippen LogP contribution in [0.25, 0.3) is 6.08 Å². The predicted octanol–water partition coefficient (Wildman–Crippen LogP) is 4.89. The number of nitrogens with zero attached hydrogens (tertiary/aromatic N) is 2. The van der Waals surface area contributed by atoms with E-state index in [0.717, 1.165) is 16.8 Å². The summed E-state index contributed by atoms with van der Waals surface area (Å²) in [6.07, 6.45) is 2.93. The van der Waals surface area contributed by atoms with Crippen molar-refractivity contribution in [3.63, 3.8) is 0 Å². The van der Waals surface area contributed by atoms with E-state index in [1.165, 1.54) is 24.3 Å². The number of para-hydroxylation sites is 1. The molecule has 0 fully saturated rings. The van der Waals surface area contributed by atoms with Crippen LogP contribution in [0.1, 0.15) is 23.7 Å². The molecule has 0 saturated heterocycles. The Morgan fingerprint density at radius 3 is 2.54 bits per heavy atom. The fourth-order valence-electron chi connectivity index (χ4n) is 2.58. The molecule has 142 valence electrons. The van der Waals surface area contributed by atoms with Gasteiger partial charge < -0.3 is 4.74 Å². The largest absolute Gasteiger partial charge is 0.458 e. The number of carbonyl (C=O) groups excluding carboxylic acids is 2. The van der Waals surface area contributed by atoms with E-state index in [9.17, 15) is 9.59 Å². The van der Waals surface area contributed by atoms with E-state index in [-0.39, 0.29) is 12.5 Å². The van der Waals surface area contributed by atoms with Crippen LogP contribution in [0.5, 0.6) is 0 Å². The van der Waals surface area contributed by atoms with Crippen molar-refractivity contribution in [2.75, 3.05) is 4.90 Å². The van der Waals surface area contributed by atoms with E-state index < -0.39 is 5.97 Å². The normalized spacial score (nSPS) is 10.8. The topological polar surface area (TPSA) is 59.5 Å². The molecule has 2 aromatic carbocycles. The maximum Gasteiger partial charge on any atom is 0.331 e. The molecule has 0 saturated carbocycles. The lowest BCUT2D eigenvalue weighted by molar-refractivity contribution is -0.138. The number of ether oxygens (including phenoxy) is 1. The first-order valence-electron chi connectivity index (χ1n) is 8.75. The van der Waals surface area contributed by atoms with Crippen molar-refractivity contribution in [1.29, 1.82) is 0 Å². The van der Waals surface area contributed by atoms with Crippen molar-refractivity contribution in [2.45, 2.75) is 20.5 Å². The second-order valence-electron chi connectivity index (χ2n) is 6.11. The zero-order valence-corrected chi connectivity index (χ0v) is 16.5. The minimum Gasteiger partial charge on any atom is -0.458 e. The number of rotatable bonds is 6. The third-order valence-corrected chi connectivity index (χ3v) is 4.90. The number of thiazole rings is 1. The molecule has 5 nitrogen and oxygen atoms in total. The molecule has 0 bridgehead atoms. The first-order chi connectivity index (χ1) is 13.5. The number of esters is 1. The molecule has 1 amide bonds. The fourth-order valence-corrected chi connectivity index (χ4v) is 3.44. The Balaban J connectivity index is 1.65. The third kappa shape index (κ3) is 4.92. The van der Waals surface area contributed by atoms with Crippen molar-refractivity contribution in [1.82, 2.24) is 4.98 Å². The van der Waals surface area contributed by atoms with Crippen LogP contribution in [0.15, 0.2) is 66.1 Å². The average molecular weight is 392 g/mol. The number of anilines is 2. The lowest BCUT2D eigenvalue weighted by atomic mass is 10.1. The summed E-state index contributed by atoms with van der Waals surface area (Å²) in [7, 11) is 0. The van der Waals surface area contributed by atoms with Gasteiger partial charge in [-0.1, -0.05) is 42.5 Å². The van der Waals surface area contributed by atoms with Gasteiger partial charge in [-0.05, 0) is 36.3 Å². The molecule has 0 radical (unpaired) electrons. The summed E-state index contributed by atoms with van der Waals surface area (Å²) in [6, 6.07) is 17.1. The molecule has 0 aliphatic heterocycles. The summed E-state index contributed by atoms with van der Waals surface area (Å²) in [4.78, 5) is 30.0. The zero-order valence-electron chi connectivity index (χ0n) is 15.7. The molecule has 0 atom stereocenters. The number of hydrogen-bond acceptors (Lipinski definition) is 5. The van der Waals surface area contributed by atoms with E-state index in [1.807, 2.05) is 61.5 Å². The minimum absolute atomic E-state index is 0.131. The van der Waals surface area contributed by atoms with Gasteiger partial charge in [0.1, 0.15) is 6.61 Å². The Morgan fingerprint density at radius 1 is 1.11 bits per heavy atom. The predicted molar refractivity (Wildman–Crippen MR) is 111 cm³/mol.